The fraction of sp³-hybridized carbons (Fsp3) is 0.500. The van der Waals surface area contributed by atoms with Gasteiger partial charge in [-0.3, -0.25) is 9.59 Å². The first-order valence-electron chi connectivity index (χ1n) is 9.59. The minimum atomic E-state index is -0.468. The number of rotatable bonds is 9. The Morgan fingerprint density at radius 3 is 2.38 bits per heavy atom. The first-order valence-corrected chi connectivity index (χ1v) is 9.59. The lowest BCUT2D eigenvalue weighted by molar-refractivity contribution is -0.145. The molecule has 0 radical (unpaired) electrons. The highest BCUT2D eigenvalue weighted by atomic mass is 16.7. The molecule has 158 valence electrons. The summed E-state index contributed by atoms with van der Waals surface area (Å²) in [6.07, 6.45) is 1.04. The van der Waals surface area contributed by atoms with E-state index < -0.39 is 17.7 Å². The molecule has 2 aromatic rings. The third-order valence-corrected chi connectivity index (χ3v) is 3.72. The minimum absolute atomic E-state index is 0.128. The number of benzene rings is 1. The maximum atomic E-state index is 12.6. The molecule has 1 aromatic heterocycles. The van der Waals surface area contributed by atoms with Gasteiger partial charge >= 0.3 is 0 Å². The Hall–Kier alpha value is -2.78. The fourth-order valence-electron chi connectivity index (χ4n) is 2.55. The number of anilines is 1. The number of ether oxygens (including phenoxy) is 2. The molecule has 29 heavy (non-hydrogen) atoms. The van der Waals surface area contributed by atoms with Crippen LogP contribution in [-0.2, 0) is 16.0 Å². The lowest BCUT2D eigenvalue weighted by Gasteiger charge is -2.21. The topological polar surface area (TPSA) is 107 Å². The molecular weight excluding hydrogens is 374 g/mol. The zero-order valence-corrected chi connectivity index (χ0v) is 17.6. The zero-order valence-electron chi connectivity index (χ0n) is 17.6. The van der Waals surface area contributed by atoms with Gasteiger partial charge in [0.15, 0.2) is 12.0 Å². The second-order valence-electron chi connectivity index (χ2n) is 7.37. The van der Waals surface area contributed by atoms with Gasteiger partial charge in [-0.2, -0.15) is 0 Å². The normalized spacial score (nSPS) is 11.5. The van der Waals surface area contributed by atoms with E-state index in [4.69, 9.17) is 9.47 Å². The van der Waals surface area contributed by atoms with Crippen LogP contribution in [0.5, 0.6) is 0 Å². The molecule has 2 rings (SSSR count). The average Bonchev–Trinajstić information content (AvgIpc) is 3.10. The summed E-state index contributed by atoms with van der Waals surface area (Å²) in [5, 5.41) is 13.5. The van der Waals surface area contributed by atoms with E-state index in [2.05, 4.69) is 20.9 Å². The summed E-state index contributed by atoms with van der Waals surface area (Å²) in [5.74, 6) is -0.732. The Balaban J connectivity index is 2.10. The third-order valence-electron chi connectivity index (χ3n) is 3.72. The van der Waals surface area contributed by atoms with Crippen LogP contribution in [0.4, 0.5) is 5.69 Å². The predicted molar refractivity (Wildman–Crippen MR) is 109 cm³/mol. The van der Waals surface area contributed by atoms with Crippen LogP contribution < -0.4 is 10.6 Å². The quantitative estimate of drug-likeness (QED) is 0.623. The first-order chi connectivity index (χ1) is 13.7. The molecule has 0 unspecified atom stereocenters. The van der Waals surface area contributed by atoms with Crippen LogP contribution >= 0.6 is 0 Å². The molecule has 0 fully saturated rings. The zero-order chi connectivity index (χ0) is 21.4. The number of nitrogens with one attached hydrogen (secondary N) is 2. The maximum Gasteiger partial charge on any atom is 0.277 e. The first kappa shape index (κ1) is 22.5. The minimum Gasteiger partial charge on any atom is -0.351 e. The van der Waals surface area contributed by atoms with Gasteiger partial charge in [0.25, 0.3) is 11.8 Å². The highest BCUT2D eigenvalue weighted by molar-refractivity contribution is 6.08. The van der Waals surface area contributed by atoms with Gasteiger partial charge in [0.2, 0.25) is 0 Å². The number of amides is 2. The van der Waals surface area contributed by atoms with E-state index in [9.17, 15) is 9.59 Å². The van der Waals surface area contributed by atoms with Crippen molar-refractivity contribution >= 4 is 17.5 Å². The molecule has 0 saturated carbocycles. The summed E-state index contributed by atoms with van der Waals surface area (Å²) < 4.78 is 12.4. The van der Waals surface area contributed by atoms with E-state index in [1.165, 1.54) is 10.9 Å². The summed E-state index contributed by atoms with van der Waals surface area (Å²) >= 11 is 0. The lowest BCUT2D eigenvalue weighted by Crippen LogP contribution is -2.40. The average molecular weight is 403 g/mol. The Kier molecular flexibility index (Phi) is 7.86. The van der Waals surface area contributed by atoms with Crippen molar-refractivity contribution in [3.05, 3.63) is 41.7 Å². The second kappa shape index (κ2) is 10.1. The van der Waals surface area contributed by atoms with Crippen LogP contribution in [0.25, 0.3) is 0 Å². The molecule has 2 amide bonds. The van der Waals surface area contributed by atoms with E-state index in [1.54, 1.807) is 24.3 Å². The standard InChI is InChI=1S/C20H29N5O4/c1-6-28-17(29-7-2)13-25-12-16(23-24-25)19(27)21-15-11-9-8-10-14(15)18(26)22-20(3,4)5/h8-12,17H,6-7,13H2,1-5H3,(H,21,27)(H,22,26). The Labute approximate surface area is 170 Å². The van der Waals surface area contributed by atoms with E-state index in [-0.39, 0.29) is 11.6 Å². The summed E-state index contributed by atoms with van der Waals surface area (Å²) in [5.41, 5.74) is 0.503. The molecular formula is C20H29N5O4. The van der Waals surface area contributed by atoms with Crippen molar-refractivity contribution in [1.82, 2.24) is 20.3 Å². The van der Waals surface area contributed by atoms with Crippen molar-refractivity contribution in [2.75, 3.05) is 18.5 Å². The molecule has 0 aliphatic heterocycles. The number of nitrogens with zero attached hydrogens (tertiary/aromatic N) is 3. The molecule has 0 spiro atoms. The van der Waals surface area contributed by atoms with E-state index in [0.29, 0.717) is 31.0 Å². The van der Waals surface area contributed by atoms with E-state index in [1.807, 2.05) is 34.6 Å². The van der Waals surface area contributed by atoms with Crippen molar-refractivity contribution in [3.8, 4) is 0 Å². The lowest BCUT2D eigenvalue weighted by atomic mass is 10.1. The third kappa shape index (κ3) is 6.95. The van der Waals surface area contributed by atoms with Crippen LogP contribution in [0.1, 0.15) is 55.5 Å². The van der Waals surface area contributed by atoms with Crippen molar-refractivity contribution < 1.29 is 19.1 Å². The SMILES string of the molecule is CCOC(Cn1cc(C(=O)Nc2ccccc2C(=O)NC(C)(C)C)nn1)OCC. The molecule has 0 bridgehead atoms. The molecule has 1 aromatic carbocycles. The Morgan fingerprint density at radius 2 is 1.76 bits per heavy atom. The Bertz CT molecular complexity index is 822. The monoisotopic (exact) mass is 403 g/mol. The van der Waals surface area contributed by atoms with Gasteiger partial charge < -0.3 is 20.1 Å². The molecule has 0 aliphatic rings. The number of carbonyl (C=O) groups excluding carboxylic acids is 2. The van der Waals surface area contributed by atoms with Crippen LogP contribution in [-0.4, -0.2) is 51.9 Å². The summed E-state index contributed by atoms with van der Waals surface area (Å²) in [7, 11) is 0. The number of hydrogen-bond donors (Lipinski definition) is 2. The van der Waals surface area contributed by atoms with Crippen LogP contribution in [0, 0.1) is 0 Å². The van der Waals surface area contributed by atoms with Crippen molar-refractivity contribution in [2.24, 2.45) is 0 Å². The molecule has 0 atom stereocenters. The van der Waals surface area contributed by atoms with Gasteiger partial charge in [-0.1, -0.05) is 17.3 Å². The summed E-state index contributed by atoms with van der Waals surface area (Å²) in [6, 6.07) is 6.81. The molecule has 0 aliphatic carbocycles. The van der Waals surface area contributed by atoms with Gasteiger partial charge in [-0.15, -0.1) is 5.10 Å². The molecule has 0 saturated heterocycles. The van der Waals surface area contributed by atoms with E-state index >= 15 is 0 Å². The van der Waals surface area contributed by atoms with Crippen LogP contribution in [0.3, 0.4) is 0 Å². The van der Waals surface area contributed by atoms with E-state index in [0.717, 1.165) is 0 Å². The van der Waals surface area contributed by atoms with Gasteiger partial charge in [-0.25, -0.2) is 4.68 Å². The summed E-state index contributed by atoms with van der Waals surface area (Å²) in [4.78, 5) is 25.1. The van der Waals surface area contributed by atoms with Gasteiger partial charge in [0, 0.05) is 18.8 Å². The molecule has 2 N–H and O–H groups in total. The molecule has 1 heterocycles. The maximum absolute atomic E-state index is 12.6. The predicted octanol–water partition coefficient (Wildman–Crippen LogP) is 2.46. The smallest absolute Gasteiger partial charge is 0.277 e. The number of aromatic nitrogens is 3. The van der Waals surface area contributed by atoms with Crippen molar-refractivity contribution in [1.29, 1.82) is 0 Å². The molecule has 9 heteroatoms. The van der Waals surface area contributed by atoms with Crippen molar-refractivity contribution in [2.45, 2.75) is 53.0 Å². The second-order valence-corrected chi connectivity index (χ2v) is 7.37. The number of carbonyl (C=O) groups is 2. The summed E-state index contributed by atoms with van der Waals surface area (Å²) in [6.45, 7) is 10.7. The van der Waals surface area contributed by atoms with Gasteiger partial charge in [0.05, 0.1) is 24.0 Å². The van der Waals surface area contributed by atoms with Gasteiger partial charge in [-0.05, 0) is 46.8 Å². The fourth-order valence-corrected chi connectivity index (χ4v) is 2.55. The molecule has 9 nitrogen and oxygen atoms in total. The highest BCUT2D eigenvalue weighted by Gasteiger charge is 2.20. The Morgan fingerprint density at radius 1 is 1.10 bits per heavy atom. The van der Waals surface area contributed by atoms with Crippen LogP contribution in [0.2, 0.25) is 0 Å². The number of hydrogen-bond acceptors (Lipinski definition) is 6. The van der Waals surface area contributed by atoms with Crippen molar-refractivity contribution in [3.63, 3.8) is 0 Å². The largest absolute Gasteiger partial charge is 0.351 e. The number of para-hydroxylation sites is 1. The van der Waals surface area contributed by atoms with Gasteiger partial charge in [0.1, 0.15) is 0 Å². The van der Waals surface area contributed by atoms with Crippen LogP contribution in [0.15, 0.2) is 30.5 Å². The highest BCUT2D eigenvalue weighted by Crippen LogP contribution is 2.17.